The predicted octanol–water partition coefficient (Wildman–Crippen LogP) is 9.98. The molecule has 12 fully saturated rings. The second-order valence-corrected chi connectivity index (χ2v) is 40.1. The van der Waals surface area contributed by atoms with E-state index in [1.165, 1.54) is 51.7 Å². The first-order valence-corrected chi connectivity index (χ1v) is 45.6. The van der Waals surface area contributed by atoms with Crippen LogP contribution < -0.4 is 5.32 Å². The Labute approximate surface area is 691 Å². The van der Waals surface area contributed by atoms with Crippen LogP contribution in [0.4, 0.5) is 0 Å². The largest absolute Gasteiger partial charge is 0.392 e. The fourth-order valence-corrected chi connectivity index (χ4v) is 17.2. The van der Waals surface area contributed by atoms with E-state index < -0.39 is 16.8 Å². The molecule has 0 aromatic carbocycles. The number of nitrogens with one attached hydrogen (secondary N) is 1. The van der Waals surface area contributed by atoms with Crippen LogP contribution in [0.25, 0.3) is 0 Å². The van der Waals surface area contributed by atoms with Gasteiger partial charge in [-0.1, -0.05) is 13.8 Å². The summed E-state index contributed by atoms with van der Waals surface area (Å²) < 4.78 is 0. The Morgan fingerprint density at radius 3 is 0.732 bits per heavy atom. The van der Waals surface area contributed by atoms with Gasteiger partial charge in [-0.3, -0.25) is 49.0 Å². The van der Waals surface area contributed by atoms with Gasteiger partial charge in [-0.05, 0) is 310 Å². The highest BCUT2D eigenvalue weighted by molar-refractivity contribution is 4.94. The van der Waals surface area contributed by atoms with E-state index in [9.17, 15) is 35.7 Å². The maximum atomic E-state index is 9.57. The minimum atomic E-state index is -0.426. The van der Waals surface area contributed by atoms with Gasteiger partial charge in [0, 0.05) is 201 Å². The van der Waals surface area contributed by atoms with Crippen LogP contribution in [0.2, 0.25) is 0 Å². The normalized spacial score (nSPS) is 31.6. The zero-order valence-electron chi connectivity index (χ0n) is 78.9. The van der Waals surface area contributed by atoms with Gasteiger partial charge in [-0.25, -0.2) is 0 Å². The summed E-state index contributed by atoms with van der Waals surface area (Å²) in [5.41, 5.74) is -1.25. The first-order valence-electron chi connectivity index (χ1n) is 45.6. The molecule has 1 saturated carbocycles. The summed E-state index contributed by atoms with van der Waals surface area (Å²) in [5, 5.41) is 96.0. The fourth-order valence-electron chi connectivity index (χ4n) is 17.2. The molecule has 12 rings (SSSR count). The van der Waals surface area contributed by atoms with Gasteiger partial charge < -0.3 is 61.3 Å². The van der Waals surface area contributed by atoms with Gasteiger partial charge in [-0.15, -0.1) is 0 Å². The number of aliphatic hydroxyl groups excluding tert-OH is 7. The molecule has 0 spiro atoms. The van der Waals surface area contributed by atoms with Crippen LogP contribution in [0.5, 0.6) is 0 Å². The van der Waals surface area contributed by atoms with Crippen molar-refractivity contribution in [2.45, 2.75) is 467 Å². The summed E-state index contributed by atoms with van der Waals surface area (Å²) in [5.74, 6) is 0. The number of rotatable bonds is 13. The maximum Gasteiger partial charge on any atom is 0.0872 e. The van der Waals surface area contributed by atoms with Crippen LogP contribution in [0, 0.1) is 0 Å². The number of hydrogen-bond donors (Lipinski definition) is 11. The molecule has 672 valence electrons. The van der Waals surface area contributed by atoms with Gasteiger partial charge in [-0.2, -0.15) is 0 Å². The average Bonchev–Trinajstić information content (AvgIpc) is 1.42. The number of β-amino-alcohol motifs (C(OH)–C–C–N with tert-alkyl or cyclic N) is 9. The minimum absolute atomic E-state index is 0.0441. The molecule has 11 N–H and O–H groups in total. The first-order chi connectivity index (χ1) is 51.7. The lowest BCUT2D eigenvalue weighted by molar-refractivity contribution is -0.0962. The lowest BCUT2D eigenvalue weighted by Crippen LogP contribution is -2.61. The molecular weight excluding hydrogens is 1410 g/mol. The zero-order chi connectivity index (χ0) is 86.0. The van der Waals surface area contributed by atoms with Crippen LogP contribution >= 0.6 is 0 Å². The van der Waals surface area contributed by atoms with E-state index in [1.54, 1.807) is 0 Å². The number of aliphatic hydroxyl groups is 10. The van der Waals surface area contributed by atoms with E-state index >= 15 is 0 Å². The number of likely N-dealkylation sites (tertiary alicyclic amines) is 11. The van der Waals surface area contributed by atoms with E-state index in [-0.39, 0.29) is 42.7 Å². The third kappa shape index (κ3) is 45.1. The molecule has 112 heavy (non-hydrogen) atoms. The van der Waals surface area contributed by atoms with E-state index in [0.29, 0.717) is 84.6 Å². The fraction of sp³-hybridized carbons (Fsp3) is 1.00. The van der Waals surface area contributed by atoms with E-state index in [2.05, 4.69) is 253 Å². The highest BCUT2D eigenvalue weighted by Gasteiger charge is 2.39. The van der Waals surface area contributed by atoms with E-state index in [0.717, 1.165) is 174 Å². The topological polar surface area (TPSA) is 250 Å². The first kappa shape index (κ1) is 109. The molecular formula is C90H192N12O10. The summed E-state index contributed by atoms with van der Waals surface area (Å²) in [4.78, 5) is 25.8. The van der Waals surface area contributed by atoms with Gasteiger partial charge in [0.2, 0.25) is 0 Å². The molecule has 0 aromatic rings. The van der Waals surface area contributed by atoms with Gasteiger partial charge in [0.05, 0.1) is 59.5 Å². The number of nitrogens with zero attached hydrogens (tertiary/aromatic N) is 11. The van der Waals surface area contributed by atoms with Crippen molar-refractivity contribution in [3.63, 3.8) is 0 Å². The van der Waals surface area contributed by atoms with Crippen molar-refractivity contribution in [1.29, 1.82) is 0 Å². The quantitative estimate of drug-likeness (QED) is 0.0821. The Hall–Kier alpha value is -0.880. The number of hydrogen-bond acceptors (Lipinski definition) is 22. The van der Waals surface area contributed by atoms with Crippen LogP contribution in [-0.2, 0) is 0 Å². The molecule has 13 atom stereocenters. The van der Waals surface area contributed by atoms with Crippen molar-refractivity contribution in [3.8, 4) is 0 Å². The average molecular weight is 1600 g/mol. The molecule has 0 unspecified atom stereocenters. The highest BCUT2D eigenvalue weighted by Crippen LogP contribution is 2.27. The van der Waals surface area contributed by atoms with Crippen molar-refractivity contribution < 1.29 is 51.1 Å². The molecule has 0 bridgehead atoms. The predicted molar refractivity (Wildman–Crippen MR) is 473 cm³/mol. The summed E-state index contributed by atoms with van der Waals surface area (Å²) in [6.07, 6.45) is 15.0. The molecule has 22 heteroatoms. The summed E-state index contributed by atoms with van der Waals surface area (Å²) >= 11 is 0. The monoisotopic (exact) mass is 1600 g/mol. The minimum Gasteiger partial charge on any atom is -0.392 e. The van der Waals surface area contributed by atoms with Crippen LogP contribution in [0.15, 0.2) is 0 Å². The summed E-state index contributed by atoms with van der Waals surface area (Å²) in [6.45, 7) is 84.5. The maximum absolute atomic E-state index is 9.57. The molecule has 0 aromatic heterocycles. The second kappa shape index (κ2) is 54.5. The van der Waals surface area contributed by atoms with Crippen LogP contribution in [0.3, 0.4) is 0 Å². The van der Waals surface area contributed by atoms with Gasteiger partial charge in [0.15, 0.2) is 0 Å². The SMILES string of the molecule is CC(C)N1CC(C)(O)C1.CC(C)N1CC(O)C1.CC(C)N1CCCC1.CC(C)N1CCC[C@H]1C.CC(C)N1CC[C@@H](O)C1.CC(C)N1CC[C@@](C)(O)C1.CC(C)N1CC[C@H](O)C1.CC(C)N1CC[C@](C)(O)C1.CC(C)N1C[C@@H](O)C[C@H]1C.CC(C)N1C[C@H](O)C[C@@H]1C.CC(C)N1C[C@H](O)C[C@H]1C.CC(C)N[C@@H]1CCC[C@@H]1O. The second-order valence-electron chi connectivity index (χ2n) is 40.1. The van der Waals surface area contributed by atoms with E-state index in [1.807, 2.05) is 20.8 Å². The zero-order valence-corrected chi connectivity index (χ0v) is 78.9. The Morgan fingerprint density at radius 2 is 0.589 bits per heavy atom. The third-order valence-corrected chi connectivity index (χ3v) is 24.7. The van der Waals surface area contributed by atoms with Gasteiger partial charge in [0.1, 0.15) is 0 Å². The molecule has 11 saturated heterocycles. The van der Waals surface area contributed by atoms with Crippen molar-refractivity contribution in [3.05, 3.63) is 0 Å². The lowest BCUT2D eigenvalue weighted by atomic mass is 9.95. The molecule has 11 heterocycles. The lowest BCUT2D eigenvalue weighted by Gasteiger charge is -2.46. The van der Waals surface area contributed by atoms with E-state index in [4.69, 9.17) is 15.3 Å². The van der Waals surface area contributed by atoms with Gasteiger partial charge in [0.25, 0.3) is 0 Å². The third-order valence-electron chi connectivity index (χ3n) is 24.7. The molecule has 11 aliphatic heterocycles. The molecule has 22 nitrogen and oxygen atoms in total. The van der Waals surface area contributed by atoms with Crippen molar-refractivity contribution in [2.75, 3.05) is 118 Å². The Kier molecular flexibility index (Phi) is 53.1. The molecule has 12 aliphatic rings. The van der Waals surface area contributed by atoms with Crippen LogP contribution in [0.1, 0.15) is 305 Å². The van der Waals surface area contributed by atoms with Crippen molar-refractivity contribution >= 4 is 0 Å². The Morgan fingerprint density at radius 1 is 0.268 bits per heavy atom. The van der Waals surface area contributed by atoms with Crippen LogP contribution in [-0.4, -0.2) is 385 Å². The van der Waals surface area contributed by atoms with Gasteiger partial charge >= 0.3 is 0 Å². The molecule has 0 amide bonds. The molecule has 0 radical (unpaired) electrons. The van der Waals surface area contributed by atoms with Crippen molar-refractivity contribution in [2.24, 2.45) is 0 Å². The molecule has 1 aliphatic carbocycles. The highest BCUT2D eigenvalue weighted by atomic mass is 16.3. The summed E-state index contributed by atoms with van der Waals surface area (Å²) in [7, 11) is 0. The summed E-state index contributed by atoms with van der Waals surface area (Å²) in [6, 6.07) is 10.2. The Bertz CT molecular complexity index is 2200. The standard InChI is InChI=1S/6C8H17NO.C8H17N.3C7H15NO.C7H15N.C6H13NO/c3*1-6(2)9-5-8(10)4-7(9)3;2*1-7(2)9-5-4-8(3,10)6-9;1-6(2)9-7-4-3-5-8(7)10;1-7(2)9-6-4-5-8(9)3;1-6(2)8-4-7(3,9)5-8;2*1-6(2)8-4-3-7(9)5-8;1-7(2)8-5-3-4-6-8;1-5(2)7-3-6(8)4-7/h3*6-8,10H,4-5H2,1-3H3;2*7,10H,4-6H2,1-3H3;6-10H,3-5H2,1-2H3;7-8H,4-6H2,1-3H3;6,9H,4-5H2,1-3H3;2*6-7,9H,3-5H2,1-2H3;7H,3-6H2,1-2H3;5-6,8H,3-4H2,1-2H3/t2*7-,8+;7-,8-;2*8-;7-,8+;8-;;2*7-;;/m1011011.10../s1. The Balaban J connectivity index is 0.000000611. The smallest absolute Gasteiger partial charge is 0.0872 e. The van der Waals surface area contributed by atoms with Crippen molar-refractivity contribution in [1.82, 2.24) is 59.2 Å².